The van der Waals surface area contributed by atoms with Crippen LogP contribution in [-0.4, -0.2) is 22.7 Å². The Morgan fingerprint density at radius 1 is 1.25 bits per heavy atom. The van der Waals surface area contributed by atoms with Crippen LogP contribution in [0.2, 0.25) is 0 Å². The molecule has 0 aliphatic rings. The third-order valence-corrected chi connectivity index (χ3v) is 4.52. The first-order valence-electron chi connectivity index (χ1n) is 7.80. The highest BCUT2D eigenvalue weighted by Gasteiger charge is 2.12. The summed E-state index contributed by atoms with van der Waals surface area (Å²) in [5.74, 6) is -0.194. The van der Waals surface area contributed by atoms with E-state index < -0.39 is 0 Å². The summed E-state index contributed by atoms with van der Waals surface area (Å²) < 4.78 is 5.47. The Kier molecular flexibility index (Phi) is 5.40. The number of ether oxygens (including phenoxy) is 1. The minimum Gasteiger partial charge on any atom is -0.377 e. The number of carbonyl (C=O) groups is 1. The highest BCUT2D eigenvalue weighted by Crippen LogP contribution is 2.22. The average molecular weight is 341 g/mol. The van der Waals surface area contributed by atoms with Crippen molar-refractivity contribution in [3.05, 3.63) is 64.7 Å². The van der Waals surface area contributed by atoms with Crippen LogP contribution < -0.4 is 5.32 Å². The van der Waals surface area contributed by atoms with E-state index in [2.05, 4.69) is 15.5 Å². The number of benzene rings is 1. The predicted octanol–water partition coefficient (Wildman–Crippen LogP) is 3.60. The number of rotatable bonds is 7. The summed E-state index contributed by atoms with van der Waals surface area (Å²) in [7, 11) is 0. The van der Waals surface area contributed by atoms with E-state index in [-0.39, 0.29) is 5.91 Å². The number of aromatic nitrogens is 2. The predicted molar refractivity (Wildman–Crippen MR) is 94.8 cm³/mol. The molecule has 0 aliphatic carbocycles. The van der Waals surface area contributed by atoms with Crippen LogP contribution >= 0.6 is 11.3 Å². The molecule has 0 radical (unpaired) electrons. The standard InChI is InChI=1S/C18H19N3O2S/c1-2-23-12-14-7-4-3-6-13(14)11-19-18(22)16-10-15(20-21-16)17-8-5-9-24-17/h3-10H,2,11-12H2,1H3,(H,19,22)(H,20,21). The molecule has 6 heteroatoms. The topological polar surface area (TPSA) is 67.0 Å². The molecule has 0 aliphatic heterocycles. The van der Waals surface area contributed by atoms with E-state index in [9.17, 15) is 4.79 Å². The SMILES string of the molecule is CCOCc1ccccc1CNC(=O)c1cc(-c2cccs2)[nH]n1. The minimum absolute atomic E-state index is 0.194. The van der Waals surface area contributed by atoms with Gasteiger partial charge in [0.05, 0.1) is 17.2 Å². The summed E-state index contributed by atoms with van der Waals surface area (Å²) in [4.78, 5) is 13.4. The molecule has 1 aromatic carbocycles. The average Bonchev–Trinajstić information content (AvgIpc) is 3.29. The van der Waals surface area contributed by atoms with Crippen molar-refractivity contribution < 1.29 is 9.53 Å². The van der Waals surface area contributed by atoms with Gasteiger partial charge in [0.2, 0.25) is 0 Å². The first-order valence-corrected chi connectivity index (χ1v) is 8.68. The lowest BCUT2D eigenvalue weighted by molar-refractivity contribution is 0.0945. The van der Waals surface area contributed by atoms with Gasteiger partial charge in [-0.2, -0.15) is 5.10 Å². The van der Waals surface area contributed by atoms with Crippen LogP contribution in [0.4, 0.5) is 0 Å². The molecule has 0 atom stereocenters. The number of thiophene rings is 1. The fourth-order valence-corrected chi connectivity index (χ4v) is 3.04. The zero-order valence-electron chi connectivity index (χ0n) is 13.4. The maximum atomic E-state index is 12.3. The summed E-state index contributed by atoms with van der Waals surface area (Å²) in [6.45, 7) is 3.63. The number of amides is 1. The summed E-state index contributed by atoms with van der Waals surface area (Å²) in [6, 6.07) is 13.7. The fourth-order valence-electron chi connectivity index (χ4n) is 2.34. The van der Waals surface area contributed by atoms with E-state index in [0.717, 1.165) is 21.7 Å². The largest absolute Gasteiger partial charge is 0.377 e. The van der Waals surface area contributed by atoms with Gasteiger partial charge in [-0.1, -0.05) is 30.3 Å². The quantitative estimate of drug-likeness (QED) is 0.690. The molecule has 1 amide bonds. The Balaban J connectivity index is 1.64. The van der Waals surface area contributed by atoms with Crippen LogP contribution in [-0.2, 0) is 17.9 Å². The highest BCUT2D eigenvalue weighted by atomic mass is 32.1. The summed E-state index contributed by atoms with van der Waals surface area (Å²) in [5, 5.41) is 11.9. The lowest BCUT2D eigenvalue weighted by atomic mass is 10.1. The summed E-state index contributed by atoms with van der Waals surface area (Å²) in [6.07, 6.45) is 0. The van der Waals surface area contributed by atoms with Crippen LogP contribution in [0.25, 0.3) is 10.6 Å². The highest BCUT2D eigenvalue weighted by molar-refractivity contribution is 7.13. The Morgan fingerprint density at radius 3 is 2.83 bits per heavy atom. The van der Waals surface area contributed by atoms with Gasteiger partial charge in [0.25, 0.3) is 5.91 Å². The molecule has 0 bridgehead atoms. The van der Waals surface area contributed by atoms with E-state index in [1.54, 1.807) is 17.4 Å². The number of nitrogens with one attached hydrogen (secondary N) is 2. The molecular weight excluding hydrogens is 322 g/mol. The van der Waals surface area contributed by atoms with Gasteiger partial charge in [-0.3, -0.25) is 9.89 Å². The van der Waals surface area contributed by atoms with Crippen LogP contribution in [0, 0.1) is 0 Å². The molecule has 24 heavy (non-hydrogen) atoms. The third-order valence-electron chi connectivity index (χ3n) is 3.62. The lowest BCUT2D eigenvalue weighted by Gasteiger charge is -2.10. The molecular formula is C18H19N3O2S. The van der Waals surface area contributed by atoms with Crippen LogP contribution in [0.5, 0.6) is 0 Å². The van der Waals surface area contributed by atoms with Gasteiger partial charge in [0.15, 0.2) is 5.69 Å². The normalized spacial score (nSPS) is 10.7. The molecule has 2 heterocycles. The van der Waals surface area contributed by atoms with Crippen molar-refractivity contribution in [2.45, 2.75) is 20.1 Å². The van der Waals surface area contributed by atoms with Gasteiger partial charge in [0, 0.05) is 13.2 Å². The van der Waals surface area contributed by atoms with Crippen molar-refractivity contribution in [2.75, 3.05) is 6.61 Å². The Bertz CT molecular complexity index is 796. The number of hydrogen-bond donors (Lipinski definition) is 2. The first kappa shape index (κ1) is 16.4. The van der Waals surface area contributed by atoms with Crippen LogP contribution in [0.3, 0.4) is 0 Å². The first-order chi connectivity index (χ1) is 11.8. The van der Waals surface area contributed by atoms with Crippen molar-refractivity contribution in [1.82, 2.24) is 15.5 Å². The fraction of sp³-hybridized carbons (Fsp3) is 0.222. The lowest BCUT2D eigenvalue weighted by Crippen LogP contribution is -2.23. The maximum absolute atomic E-state index is 12.3. The molecule has 124 valence electrons. The molecule has 0 spiro atoms. The third kappa shape index (κ3) is 3.90. The number of aromatic amines is 1. The van der Waals surface area contributed by atoms with Crippen molar-refractivity contribution in [3.63, 3.8) is 0 Å². The van der Waals surface area contributed by atoms with E-state index in [4.69, 9.17) is 4.74 Å². The van der Waals surface area contributed by atoms with Crippen molar-refractivity contribution in [2.24, 2.45) is 0 Å². The second-order valence-corrected chi connectivity index (χ2v) is 6.18. The second kappa shape index (κ2) is 7.90. The van der Waals surface area contributed by atoms with Crippen molar-refractivity contribution >= 4 is 17.2 Å². The van der Waals surface area contributed by atoms with E-state index >= 15 is 0 Å². The number of hydrogen-bond acceptors (Lipinski definition) is 4. The van der Waals surface area contributed by atoms with Gasteiger partial charge < -0.3 is 10.1 Å². The van der Waals surface area contributed by atoms with Gasteiger partial charge in [-0.25, -0.2) is 0 Å². The molecule has 0 unspecified atom stereocenters. The van der Waals surface area contributed by atoms with Gasteiger partial charge >= 0.3 is 0 Å². The van der Waals surface area contributed by atoms with Crippen molar-refractivity contribution in [3.8, 4) is 10.6 Å². The van der Waals surface area contributed by atoms with Gasteiger partial charge in [-0.05, 0) is 35.6 Å². The molecule has 5 nitrogen and oxygen atoms in total. The van der Waals surface area contributed by atoms with Gasteiger partial charge in [-0.15, -0.1) is 11.3 Å². The molecule has 3 rings (SSSR count). The second-order valence-electron chi connectivity index (χ2n) is 5.23. The molecule has 0 saturated heterocycles. The monoisotopic (exact) mass is 341 g/mol. The molecule has 3 aromatic rings. The number of H-pyrrole nitrogens is 1. The van der Waals surface area contributed by atoms with E-state index in [0.29, 0.717) is 25.5 Å². The van der Waals surface area contributed by atoms with E-state index in [1.807, 2.05) is 48.7 Å². The minimum atomic E-state index is -0.194. The van der Waals surface area contributed by atoms with E-state index in [1.165, 1.54) is 0 Å². The zero-order chi connectivity index (χ0) is 16.8. The molecule has 0 fully saturated rings. The molecule has 0 saturated carbocycles. The van der Waals surface area contributed by atoms with Crippen LogP contribution in [0.15, 0.2) is 47.8 Å². The van der Waals surface area contributed by atoms with Crippen LogP contribution in [0.1, 0.15) is 28.5 Å². The Morgan fingerprint density at radius 2 is 2.08 bits per heavy atom. The zero-order valence-corrected chi connectivity index (χ0v) is 14.2. The summed E-state index contributed by atoms with van der Waals surface area (Å²) in [5.41, 5.74) is 3.38. The number of nitrogens with zero attached hydrogens (tertiary/aromatic N) is 1. The molecule has 2 aromatic heterocycles. The molecule has 2 N–H and O–H groups in total. The maximum Gasteiger partial charge on any atom is 0.272 e. The number of carbonyl (C=O) groups excluding carboxylic acids is 1. The van der Waals surface area contributed by atoms with Gasteiger partial charge in [0.1, 0.15) is 0 Å². The van der Waals surface area contributed by atoms with Crippen molar-refractivity contribution in [1.29, 1.82) is 0 Å². The Hall–Kier alpha value is -2.44. The summed E-state index contributed by atoms with van der Waals surface area (Å²) >= 11 is 1.60. The Labute approximate surface area is 144 Å². The smallest absolute Gasteiger partial charge is 0.272 e.